The van der Waals surface area contributed by atoms with Crippen LogP contribution in [0.2, 0.25) is 0 Å². The second-order valence-corrected chi connectivity index (χ2v) is 9.01. The number of fused-ring (bicyclic) bond motifs is 1. The van der Waals surface area contributed by atoms with E-state index in [4.69, 9.17) is 15.5 Å². The van der Waals surface area contributed by atoms with Gasteiger partial charge in [0.25, 0.3) is 0 Å². The van der Waals surface area contributed by atoms with E-state index in [1.54, 1.807) is 47.6 Å². The van der Waals surface area contributed by atoms with Crippen LogP contribution in [0.3, 0.4) is 0 Å². The van der Waals surface area contributed by atoms with Crippen LogP contribution in [-0.2, 0) is 9.59 Å². The number of ether oxygens (including phenoxy) is 1. The molecule has 2 aromatic heterocycles. The van der Waals surface area contributed by atoms with Crippen LogP contribution in [0.15, 0.2) is 71.1 Å². The van der Waals surface area contributed by atoms with E-state index < -0.39 is 5.91 Å². The van der Waals surface area contributed by atoms with Gasteiger partial charge in [0.05, 0.1) is 23.3 Å². The molecule has 0 fully saturated rings. The van der Waals surface area contributed by atoms with E-state index >= 15 is 0 Å². The van der Waals surface area contributed by atoms with Gasteiger partial charge in [-0.05, 0) is 41.8 Å². The Balaban J connectivity index is 1.59. The summed E-state index contributed by atoms with van der Waals surface area (Å²) < 4.78 is 5.20. The maximum Gasteiger partial charge on any atom is 0.237 e. The number of nitrogens with zero attached hydrogens (tertiary/aromatic N) is 3. The molecule has 0 aliphatic rings. The van der Waals surface area contributed by atoms with Crippen LogP contribution in [0.25, 0.3) is 21.6 Å². The summed E-state index contributed by atoms with van der Waals surface area (Å²) in [5.74, 6) is 0.863. The summed E-state index contributed by atoms with van der Waals surface area (Å²) in [4.78, 5) is 36.6. The van der Waals surface area contributed by atoms with Crippen molar-refractivity contribution in [3.63, 3.8) is 0 Å². The Labute approximate surface area is 199 Å². The zero-order valence-corrected chi connectivity index (χ0v) is 19.6. The number of carbonyl (C=O) groups excluding carboxylic acids is 2. The van der Waals surface area contributed by atoms with Gasteiger partial charge in [-0.1, -0.05) is 36.0 Å². The molecule has 0 spiro atoms. The van der Waals surface area contributed by atoms with Crippen LogP contribution in [0, 0.1) is 0 Å². The Hall–Kier alpha value is -3.43. The van der Waals surface area contributed by atoms with Crippen molar-refractivity contribution in [1.82, 2.24) is 9.97 Å². The Morgan fingerprint density at radius 3 is 2.55 bits per heavy atom. The van der Waals surface area contributed by atoms with Crippen molar-refractivity contribution in [3.8, 4) is 16.5 Å². The van der Waals surface area contributed by atoms with E-state index in [2.05, 4.69) is 4.98 Å². The Morgan fingerprint density at radius 1 is 1.06 bits per heavy atom. The van der Waals surface area contributed by atoms with Gasteiger partial charge in [-0.25, -0.2) is 9.97 Å². The summed E-state index contributed by atoms with van der Waals surface area (Å²) in [7, 11) is 1.58. The van der Waals surface area contributed by atoms with Crippen LogP contribution >= 0.6 is 23.1 Å². The molecule has 2 amide bonds. The topological polar surface area (TPSA) is 98.4 Å². The second kappa shape index (κ2) is 10.5. The highest BCUT2D eigenvalue weighted by atomic mass is 32.2. The van der Waals surface area contributed by atoms with Gasteiger partial charge in [0.1, 0.15) is 10.8 Å². The number of carbonyl (C=O) groups is 2. The van der Waals surface area contributed by atoms with Crippen LogP contribution in [-0.4, -0.2) is 41.2 Å². The van der Waals surface area contributed by atoms with Crippen molar-refractivity contribution >= 4 is 51.5 Å². The fraction of sp³-hybridized carbons (Fsp3) is 0.167. The summed E-state index contributed by atoms with van der Waals surface area (Å²) in [5, 5.41) is 3.61. The number of benzene rings is 2. The zero-order valence-electron chi connectivity index (χ0n) is 17.9. The molecule has 2 aromatic carbocycles. The number of nitrogens with two attached hydrogens (primary N) is 1. The zero-order chi connectivity index (χ0) is 23.2. The average Bonchev–Trinajstić information content (AvgIpc) is 3.38. The largest absolute Gasteiger partial charge is 0.497 e. The minimum atomic E-state index is -0.462. The molecule has 4 aromatic rings. The van der Waals surface area contributed by atoms with Gasteiger partial charge in [0.15, 0.2) is 5.82 Å². The molecule has 33 heavy (non-hydrogen) atoms. The highest BCUT2D eigenvalue weighted by molar-refractivity contribution is 8.00. The van der Waals surface area contributed by atoms with Crippen LogP contribution in [0.1, 0.15) is 6.42 Å². The number of aromatic nitrogens is 2. The fourth-order valence-electron chi connectivity index (χ4n) is 3.26. The summed E-state index contributed by atoms with van der Waals surface area (Å²) in [6.07, 6.45) is 0.0708. The Morgan fingerprint density at radius 2 is 1.85 bits per heavy atom. The first-order chi connectivity index (χ1) is 16.0. The van der Waals surface area contributed by atoms with Gasteiger partial charge in [0, 0.05) is 24.0 Å². The van der Waals surface area contributed by atoms with Crippen molar-refractivity contribution in [2.45, 2.75) is 11.4 Å². The van der Waals surface area contributed by atoms with E-state index in [1.165, 1.54) is 11.8 Å². The molecular formula is C24H22N4O3S2. The number of anilines is 1. The molecule has 7 nitrogen and oxygen atoms in total. The maximum atomic E-state index is 13.2. The molecule has 0 aliphatic heterocycles. The number of rotatable bonds is 9. The monoisotopic (exact) mass is 478 g/mol. The highest BCUT2D eigenvalue weighted by Crippen LogP contribution is 2.30. The summed E-state index contributed by atoms with van der Waals surface area (Å²) in [6, 6.07) is 18.8. The van der Waals surface area contributed by atoms with Crippen molar-refractivity contribution in [2.75, 3.05) is 24.3 Å². The van der Waals surface area contributed by atoms with Crippen molar-refractivity contribution < 1.29 is 14.3 Å². The first kappa shape index (κ1) is 22.8. The lowest BCUT2D eigenvalue weighted by molar-refractivity contribution is -0.118. The molecule has 0 radical (unpaired) electrons. The molecular weight excluding hydrogens is 456 g/mol. The van der Waals surface area contributed by atoms with Crippen molar-refractivity contribution in [2.24, 2.45) is 5.73 Å². The predicted molar refractivity (Wildman–Crippen MR) is 133 cm³/mol. The van der Waals surface area contributed by atoms with Crippen LogP contribution < -0.4 is 15.4 Å². The minimum absolute atomic E-state index is 0.0708. The molecule has 168 valence electrons. The maximum absolute atomic E-state index is 13.2. The first-order valence-corrected chi connectivity index (χ1v) is 12.1. The van der Waals surface area contributed by atoms with E-state index in [9.17, 15) is 9.59 Å². The minimum Gasteiger partial charge on any atom is -0.497 e. The van der Waals surface area contributed by atoms with Crippen molar-refractivity contribution in [1.29, 1.82) is 0 Å². The number of primary amides is 1. The van der Waals surface area contributed by atoms with Gasteiger partial charge in [-0.15, -0.1) is 11.3 Å². The number of para-hydroxylation sites is 1. The van der Waals surface area contributed by atoms with Gasteiger partial charge >= 0.3 is 0 Å². The number of amides is 2. The number of thioether (sulfide) groups is 1. The highest BCUT2D eigenvalue weighted by Gasteiger charge is 2.19. The standard InChI is InChI=1S/C24H22N4O3S2/c1-31-17-10-8-16(9-11-17)28(13-12-21(25)29)22(30)15-33-24-18-5-2-3-6-19(18)26-23(27-24)20-7-4-14-32-20/h2-11,14H,12-13,15H2,1H3,(H2,25,29). The molecule has 0 saturated carbocycles. The molecule has 2 heterocycles. The quantitative estimate of drug-likeness (QED) is 0.283. The predicted octanol–water partition coefficient (Wildman–Crippen LogP) is 4.37. The Bertz CT molecular complexity index is 1260. The summed E-state index contributed by atoms with van der Waals surface area (Å²) in [5.41, 5.74) is 6.84. The van der Waals surface area contributed by atoms with Gasteiger partial charge in [0.2, 0.25) is 11.8 Å². The summed E-state index contributed by atoms with van der Waals surface area (Å²) in [6.45, 7) is 0.200. The third-order valence-electron chi connectivity index (χ3n) is 4.91. The number of methoxy groups -OCH3 is 1. The SMILES string of the molecule is COc1ccc(N(CCC(N)=O)C(=O)CSc2nc(-c3cccs3)nc3ccccc23)cc1. The van der Waals surface area contributed by atoms with Crippen LogP contribution in [0.4, 0.5) is 5.69 Å². The average molecular weight is 479 g/mol. The normalized spacial score (nSPS) is 10.8. The van der Waals surface area contributed by atoms with E-state index in [0.717, 1.165) is 20.8 Å². The van der Waals surface area contributed by atoms with Gasteiger partial charge in [-0.3, -0.25) is 9.59 Å². The number of hydrogen-bond donors (Lipinski definition) is 1. The van der Waals surface area contributed by atoms with Crippen molar-refractivity contribution in [3.05, 3.63) is 66.0 Å². The molecule has 2 N–H and O–H groups in total. The molecule has 0 unspecified atom stereocenters. The lowest BCUT2D eigenvalue weighted by atomic mass is 10.2. The number of hydrogen-bond acceptors (Lipinski definition) is 7. The van der Waals surface area contributed by atoms with E-state index in [0.29, 0.717) is 17.3 Å². The smallest absolute Gasteiger partial charge is 0.237 e. The third-order valence-corrected chi connectivity index (χ3v) is 6.75. The number of thiophene rings is 1. The first-order valence-electron chi connectivity index (χ1n) is 10.2. The van der Waals surface area contributed by atoms with Gasteiger partial charge in [-0.2, -0.15) is 0 Å². The lowest BCUT2D eigenvalue weighted by Gasteiger charge is -2.22. The van der Waals surface area contributed by atoms with E-state index in [1.807, 2.05) is 41.8 Å². The second-order valence-electron chi connectivity index (χ2n) is 7.10. The molecule has 9 heteroatoms. The lowest BCUT2D eigenvalue weighted by Crippen LogP contribution is -2.35. The molecule has 0 atom stereocenters. The third kappa shape index (κ3) is 5.50. The van der Waals surface area contributed by atoms with Crippen LogP contribution in [0.5, 0.6) is 5.75 Å². The summed E-state index contributed by atoms with van der Waals surface area (Å²) >= 11 is 2.92. The Kier molecular flexibility index (Phi) is 7.21. The molecule has 0 aliphatic carbocycles. The molecule has 0 bridgehead atoms. The molecule has 4 rings (SSSR count). The fourth-order valence-corrected chi connectivity index (χ4v) is 4.82. The van der Waals surface area contributed by atoms with E-state index in [-0.39, 0.29) is 24.6 Å². The molecule has 0 saturated heterocycles. The van der Waals surface area contributed by atoms with Gasteiger partial charge < -0.3 is 15.4 Å².